The maximum Gasteiger partial charge on any atom is 0.309 e. The number of carbonyl (C=O) groups excluding carboxylic acids is 2. The van der Waals surface area contributed by atoms with Gasteiger partial charge in [0.1, 0.15) is 31.0 Å². The van der Waals surface area contributed by atoms with E-state index in [-0.39, 0.29) is 30.3 Å². The topological polar surface area (TPSA) is 125 Å². The molecule has 0 spiro atoms. The Kier molecular flexibility index (Phi) is 4.35. The van der Waals surface area contributed by atoms with Gasteiger partial charge in [0.15, 0.2) is 6.23 Å². The van der Waals surface area contributed by atoms with E-state index in [1.54, 1.807) is 0 Å². The number of rotatable bonds is 6. The molecule has 124 valence electrons. The number of ether oxygens (including phenoxy) is 2. The minimum Gasteiger partial charge on any atom is -0.463 e. The largest absolute Gasteiger partial charge is 0.463 e. The predicted octanol–water partition coefficient (Wildman–Crippen LogP) is -1.73. The molecule has 2 aliphatic carbocycles. The van der Waals surface area contributed by atoms with Crippen molar-refractivity contribution in [3.8, 4) is 0 Å². The van der Waals surface area contributed by atoms with Crippen LogP contribution in [0.3, 0.4) is 0 Å². The van der Waals surface area contributed by atoms with E-state index in [0.717, 1.165) is 25.7 Å². The normalized spacial score (nSPS) is 36.0. The van der Waals surface area contributed by atoms with Gasteiger partial charge < -0.3 is 30.1 Å². The number of carbonyl (C=O) groups is 2. The number of nitrogens with one attached hydrogen (secondary N) is 1. The van der Waals surface area contributed by atoms with E-state index in [1.165, 1.54) is 0 Å². The molecule has 8 heteroatoms. The van der Waals surface area contributed by atoms with Gasteiger partial charge in [-0.15, -0.1) is 0 Å². The number of amides is 1. The summed E-state index contributed by atoms with van der Waals surface area (Å²) in [5, 5.41) is 32.3. The van der Waals surface area contributed by atoms with Crippen molar-refractivity contribution in [2.45, 2.75) is 56.3 Å². The second-order valence-electron chi connectivity index (χ2n) is 6.26. The SMILES string of the molecule is O=C(N[C@@H]1O[C@H]([C@H](O)COC(=O)C2CC2)[C@@H](O)[C@@H]1O)C1CC1. The Balaban J connectivity index is 1.49. The summed E-state index contributed by atoms with van der Waals surface area (Å²) in [5.41, 5.74) is 0. The van der Waals surface area contributed by atoms with Gasteiger partial charge in [0.25, 0.3) is 0 Å². The van der Waals surface area contributed by atoms with Crippen molar-refractivity contribution in [3.05, 3.63) is 0 Å². The van der Waals surface area contributed by atoms with Gasteiger partial charge in [-0.3, -0.25) is 9.59 Å². The highest BCUT2D eigenvalue weighted by Crippen LogP contribution is 2.31. The van der Waals surface area contributed by atoms with Crippen molar-refractivity contribution in [2.75, 3.05) is 6.61 Å². The maximum atomic E-state index is 11.7. The molecular formula is C14H21NO7. The summed E-state index contributed by atoms with van der Waals surface area (Å²) in [6.07, 6.45) is -2.94. The van der Waals surface area contributed by atoms with Crippen molar-refractivity contribution < 1.29 is 34.4 Å². The van der Waals surface area contributed by atoms with Crippen LogP contribution in [-0.4, -0.2) is 64.4 Å². The summed E-state index contributed by atoms with van der Waals surface area (Å²) in [5.74, 6) is -0.744. The predicted molar refractivity (Wildman–Crippen MR) is 71.2 cm³/mol. The summed E-state index contributed by atoms with van der Waals surface area (Å²) in [6, 6.07) is 0. The van der Waals surface area contributed by atoms with E-state index < -0.39 is 30.6 Å². The van der Waals surface area contributed by atoms with Crippen LogP contribution < -0.4 is 5.32 Å². The lowest BCUT2D eigenvalue weighted by molar-refractivity contribution is -0.154. The van der Waals surface area contributed by atoms with Crippen LogP contribution in [0.4, 0.5) is 0 Å². The van der Waals surface area contributed by atoms with E-state index in [1.807, 2.05) is 0 Å². The van der Waals surface area contributed by atoms with Crippen molar-refractivity contribution in [2.24, 2.45) is 11.8 Å². The zero-order valence-electron chi connectivity index (χ0n) is 12.1. The van der Waals surface area contributed by atoms with Crippen LogP contribution in [-0.2, 0) is 19.1 Å². The van der Waals surface area contributed by atoms with Crippen molar-refractivity contribution in [1.82, 2.24) is 5.32 Å². The average molecular weight is 315 g/mol. The minimum absolute atomic E-state index is 0.0589. The number of hydrogen-bond acceptors (Lipinski definition) is 7. The Morgan fingerprint density at radius 1 is 1.14 bits per heavy atom. The Hall–Kier alpha value is -1.22. The highest BCUT2D eigenvalue weighted by Gasteiger charge is 2.48. The minimum atomic E-state index is -1.36. The monoisotopic (exact) mass is 315 g/mol. The fourth-order valence-corrected chi connectivity index (χ4v) is 2.44. The third kappa shape index (κ3) is 3.40. The number of hydrogen-bond donors (Lipinski definition) is 4. The summed E-state index contributed by atoms with van der Waals surface area (Å²) in [7, 11) is 0. The molecule has 22 heavy (non-hydrogen) atoms. The van der Waals surface area contributed by atoms with Crippen LogP contribution in [0.5, 0.6) is 0 Å². The molecule has 0 aromatic rings. The van der Waals surface area contributed by atoms with Crippen molar-refractivity contribution in [3.63, 3.8) is 0 Å². The van der Waals surface area contributed by atoms with Crippen molar-refractivity contribution in [1.29, 1.82) is 0 Å². The van der Waals surface area contributed by atoms with Gasteiger partial charge in [-0.05, 0) is 25.7 Å². The molecule has 0 bridgehead atoms. The quantitative estimate of drug-likeness (QED) is 0.429. The second-order valence-corrected chi connectivity index (χ2v) is 6.26. The molecule has 0 aromatic heterocycles. The summed E-state index contributed by atoms with van der Waals surface area (Å²) in [6.45, 7) is -0.312. The molecule has 0 radical (unpaired) electrons. The van der Waals surface area contributed by atoms with Gasteiger partial charge in [-0.25, -0.2) is 0 Å². The first-order valence-corrected chi connectivity index (χ1v) is 7.64. The highest BCUT2D eigenvalue weighted by atomic mass is 16.6. The molecule has 0 aromatic carbocycles. The van der Waals surface area contributed by atoms with Crippen LogP contribution in [0.2, 0.25) is 0 Å². The average Bonchev–Trinajstić information content (AvgIpc) is 3.39. The van der Waals surface area contributed by atoms with Crippen LogP contribution in [0.15, 0.2) is 0 Å². The summed E-state index contributed by atoms with van der Waals surface area (Å²) < 4.78 is 10.3. The Morgan fingerprint density at radius 2 is 1.77 bits per heavy atom. The van der Waals surface area contributed by atoms with E-state index in [0.29, 0.717) is 0 Å². The molecule has 2 saturated carbocycles. The van der Waals surface area contributed by atoms with Crippen LogP contribution in [0.1, 0.15) is 25.7 Å². The Morgan fingerprint density at radius 3 is 2.36 bits per heavy atom. The Bertz CT molecular complexity index is 448. The number of esters is 1. The van der Waals surface area contributed by atoms with Crippen LogP contribution in [0.25, 0.3) is 0 Å². The molecule has 1 saturated heterocycles. The van der Waals surface area contributed by atoms with E-state index >= 15 is 0 Å². The van der Waals surface area contributed by atoms with Gasteiger partial charge in [0.05, 0.1) is 5.92 Å². The first kappa shape index (κ1) is 15.7. The molecule has 3 fully saturated rings. The molecule has 1 amide bonds. The standard InChI is InChI=1S/C14H21NO7/c16-8(5-21-14(20)7-3-4-7)11-9(17)10(18)13(22-11)15-12(19)6-1-2-6/h6-11,13,16-18H,1-5H2,(H,15,19)/t8-,9+,10+,11-,13-/m1/s1. The van der Waals surface area contributed by atoms with Gasteiger partial charge in [0.2, 0.25) is 5.91 Å². The van der Waals surface area contributed by atoms with Crippen LogP contribution in [0, 0.1) is 11.8 Å². The molecule has 8 nitrogen and oxygen atoms in total. The van der Waals surface area contributed by atoms with Gasteiger partial charge in [0, 0.05) is 5.92 Å². The lowest BCUT2D eigenvalue weighted by Crippen LogP contribution is -2.44. The fourth-order valence-electron chi connectivity index (χ4n) is 2.44. The molecule has 1 heterocycles. The molecule has 0 unspecified atom stereocenters. The van der Waals surface area contributed by atoms with E-state index in [4.69, 9.17) is 9.47 Å². The third-order valence-corrected chi connectivity index (χ3v) is 4.22. The highest BCUT2D eigenvalue weighted by molar-refractivity contribution is 5.81. The summed E-state index contributed by atoms with van der Waals surface area (Å²) >= 11 is 0. The smallest absolute Gasteiger partial charge is 0.309 e. The molecule has 3 rings (SSSR count). The molecule has 3 aliphatic rings. The molecular weight excluding hydrogens is 294 g/mol. The van der Waals surface area contributed by atoms with Gasteiger partial charge in [-0.2, -0.15) is 0 Å². The lowest BCUT2D eigenvalue weighted by atomic mass is 10.1. The first-order chi connectivity index (χ1) is 10.5. The molecule has 1 aliphatic heterocycles. The lowest BCUT2D eigenvalue weighted by Gasteiger charge is -2.20. The molecule has 4 N–H and O–H groups in total. The number of aliphatic hydroxyl groups is 3. The van der Waals surface area contributed by atoms with Gasteiger partial charge >= 0.3 is 5.97 Å². The summed E-state index contributed by atoms with van der Waals surface area (Å²) in [4.78, 5) is 23.1. The third-order valence-electron chi connectivity index (χ3n) is 4.22. The Labute approximate surface area is 127 Å². The van der Waals surface area contributed by atoms with Crippen LogP contribution >= 0.6 is 0 Å². The van der Waals surface area contributed by atoms with E-state index in [2.05, 4.69) is 5.32 Å². The van der Waals surface area contributed by atoms with Gasteiger partial charge in [-0.1, -0.05) is 0 Å². The van der Waals surface area contributed by atoms with Crippen molar-refractivity contribution >= 4 is 11.9 Å². The second kappa shape index (κ2) is 6.11. The van der Waals surface area contributed by atoms with E-state index in [9.17, 15) is 24.9 Å². The first-order valence-electron chi connectivity index (χ1n) is 7.64. The maximum absolute atomic E-state index is 11.7. The molecule has 5 atom stereocenters. The number of aliphatic hydroxyl groups excluding tert-OH is 3. The zero-order valence-corrected chi connectivity index (χ0v) is 12.1. The zero-order chi connectivity index (χ0) is 15.9. The fraction of sp³-hybridized carbons (Fsp3) is 0.857.